The van der Waals surface area contributed by atoms with Gasteiger partial charge in [0.25, 0.3) is 21.2 Å². The van der Waals surface area contributed by atoms with Gasteiger partial charge in [0.1, 0.15) is 11.8 Å². The van der Waals surface area contributed by atoms with Crippen molar-refractivity contribution in [1.29, 1.82) is 0 Å². The van der Waals surface area contributed by atoms with Gasteiger partial charge in [0.05, 0.1) is 12.0 Å². The minimum Gasteiger partial charge on any atom is -0.480 e. The first kappa shape index (κ1) is 14.5. The normalized spacial score (nSPS) is 11.6. The van der Waals surface area contributed by atoms with Gasteiger partial charge in [0.2, 0.25) is 5.88 Å². The van der Waals surface area contributed by atoms with Crippen molar-refractivity contribution in [2.75, 3.05) is 7.11 Å². The standard InChI is InChI=1S/C7H5ClF2N2O5S/c1-17-7-5(18(8,15)16)4(6(9)10)3(2-11-7)12(13)14/h2,6H,1H3. The Morgan fingerprint density at radius 2 is 2.11 bits per heavy atom. The van der Waals surface area contributed by atoms with Crippen LogP contribution in [0.25, 0.3) is 0 Å². The van der Waals surface area contributed by atoms with Crippen LogP contribution < -0.4 is 4.74 Å². The highest BCUT2D eigenvalue weighted by molar-refractivity contribution is 8.13. The third-order valence-electron chi connectivity index (χ3n) is 1.87. The third kappa shape index (κ3) is 2.64. The lowest BCUT2D eigenvalue weighted by Crippen LogP contribution is -2.07. The number of hydrogen-bond donors (Lipinski definition) is 0. The summed E-state index contributed by atoms with van der Waals surface area (Å²) < 4.78 is 52.4. The van der Waals surface area contributed by atoms with Crippen LogP contribution in [0.4, 0.5) is 14.5 Å². The van der Waals surface area contributed by atoms with E-state index in [0.717, 1.165) is 7.11 Å². The average molecular weight is 303 g/mol. The van der Waals surface area contributed by atoms with Crippen LogP contribution in [0.3, 0.4) is 0 Å². The molecule has 0 aliphatic carbocycles. The predicted molar refractivity (Wildman–Crippen MR) is 55.4 cm³/mol. The molecule has 11 heteroatoms. The van der Waals surface area contributed by atoms with Crippen molar-refractivity contribution in [3.8, 4) is 5.88 Å². The van der Waals surface area contributed by atoms with E-state index >= 15 is 0 Å². The maximum atomic E-state index is 12.8. The van der Waals surface area contributed by atoms with Crippen LogP contribution in [0.1, 0.15) is 12.0 Å². The molecule has 0 unspecified atom stereocenters. The Morgan fingerprint density at radius 3 is 2.44 bits per heavy atom. The number of hydrogen-bond acceptors (Lipinski definition) is 6. The van der Waals surface area contributed by atoms with Gasteiger partial charge in [-0.25, -0.2) is 22.2 Å². The summed E-state index contributed by atoms with van der Waals surface area (Å²) >= 11 is 0. The summed E-state index contributed by atoms with van der Waals surface area (Å²) in [5, 5.41) is 10.6. The third-order valence-corrected chi connectivity index (χ3v) is 3.22. The van der Waals surface area contributed by atoms with Gasteiger partial charge >= 0.3 is 0 Å². The lowest BCUT2D eigenvalue weighted by atomic mass is 10.2. The number of aromatic nitrogens is 1. The molecule has 0 aliphatic heterocycles. The molecule has 0 aliphatic rings. The van der Waals surface area contributed by atoms with Gasteiger partial charge in [-0.2, -0.15) is 0 Å². The van der Waals surface area contributed by atoms with Gasteiger partial charge in [0.15, 0.2) is 4.90 Å². The number of pyridine rings is 1. The van der Waals surface area contributed by atoms with Gasteiger partial charge in [-0.05, 0) is 0 Å². The van der Waals surface area contributed by atoms with E-state index in [9.17, 15) is 27.3 Å². The largest absolute Gasteiger partial charge is 0.480 e. The molecule has 1 aromatic heterocycles. The van der Waals surface area contributed by atoms with E-state index in [-0.39, 0.29) is 0 Å². The highest BCUT2D eigenvalue weighted by Crippen LogP contribution is 2.39. The molecule has 0 aromatic carbocycles. The number of rotatable bonds is 4. The lowest BCUT2D eigenvalue weighted by Gasteiger charge is -2.09. The molecule has 0 fully saturated rings. The first-order valence-electron chi connectivity index (χ1n) is 4.14. The van der Waals surface area contributed by atoms with Crippen molar-refractivity contribution in [2.24, 2.45) is 0 Å². The molecule has 1 heterocycles. The summed E-state index contributed by atoms with van der Waals surface area (Å²) in [6, 6.07) is 0. The van der Waals surface area contributed by atoms with Crippen LogP contribution in [-0.4, -0.2) is 25.4 Å². The maximum Gasteiger partial charge on any atom is 0.298 e. The van der Waals surface area contributed by atoms with E-state index in [1.165, 1.54) is 0 Å². The highest BCUT2D eigenvalue weighted by Gasteiger charge is 2.35. The van der Waals surface area contributed by atoms with Crippen LogP contribution in [0, 0.1) is 10.1 Å². The number of nitro groups is 1. The van der Waals surface area contributed by atoms with E-state index in [1.807, 2.05) is 0 Å². The predicted octanol–water partition coefficient (Wildman–Crippen LogP) is 1.86. The first-order chi connectivity index (χ1) is 8.20. The van der Waals surface area contributed by atoms with Gasteiger partial charge in [-0.1, -0.05) is 0 Å². The smallest absolute Gasteiger partial charge is 0.298 e. The van der Waals surface area contributed by atoms with Crippen molar-refractivity contribution in [3.05, 3.63) is 21.9 Å². The number of ether oxygens (including phenoxy) is 1. The first-order valence-corrected chi connectivity index (χ1v) is 6.45. The molecule has 0 bridgehead atoms. The van der Waals surface area contributed by atoms with E-state index in [1.54, 1.807) is 0 Å². The quantitative estimate of drug-likeness (QED) is 0.478. The van der Waals surface area contributed by atoms with E-state index in [4.69, 9.17) is 10.7 Å². The Hall–Kier alpha value is -1.55. The number of nitrogens with zero attached hydrogens (tertiary/aromatic N) is 2. The molecule has 100 valence electrons. The number of alkyl halides is 2. The van der Waals surface area contributed by atoms with Gasteiger partial charge < -0.3 is 4.74 Å². The summed E-state index contributed by atoms with van der Waals surface area (Å²) in [6.07, 6.45) is -2.95. The molecule has 18 heavy (non-hydrogen) atoms. The summed E-state index contributed by atoms with van der Waals surface area (Å²) in [5.41, 5.74) is -2.49. The van der Waals surface area contributed by atoms with Crippen molar-refractivity contribution >= 4 is 25.4 Å². The van der Waals surface area contributed by atoms with Crippen LogP contribution in [-0.2, 0) is 9.05 Å². The van der Waals surface area contributed by atoms with Gasteiger partial charge in [0, 0.05) is 10.7 Å². The number of methoxy groups -OCH3 is 1. The summed E-state index contributed by atoms with van der Waals surface area (Å²) in [4.78, 5) is 11.4. The van der Waals surface area contributed by atoms with E-state index < -0.39 is 42.4 Å². The Labute approximate surface area is 104 Å². The molecule has 0 saturated heterocycles. The zero-order chi connectivity index (χ0) is 14.1. The van der Waals surface area contributed by atoms with Crippen LogP contribution in [0.2, 0.25) is 0 Å². The van der Waals surface area contributed by atoms with E-state index in [0.29, 0.717) is 6.20 Å². The fraction of sp³-hybridized carbons (Fsp3) is 0.286. The fourth-order valence-corrected chi connectivity index (χ4v) is 2.47. The second-order valence-corrected chi connectivity index (χ2v) is 5.39. The summed E-state index contributed by atoms with van der Waals surface area (Å²) in [6.45, 7) is 0. The zero-order valence-electron chi connectivity index (χ0n) is 8.63. The fourth-order valence-electron chi connectivity index (χ4n) is 1.22. The molecule has 0 atom stereocenters. The summed E-state index contributed by atoms with van der Waals surface area (Å²) in [7, 11) is 1.25. The van der Waals surface area contributed by atoms with Crippen molar-refractivity contribution in [2.45, 2.75) is 11.3 Å². The Balaban J connectivity index is 3.82. The van der Waals surface area contributed by atoms with E-state index in [2.05, 4.69) is 9.72 Å². The molecular weight excluding hydrogens is 298 g/mol. The van der Waals surface area contributed by atoms with Gasteiger partial charge in [-0.3, -0.25) is 10.1 Å². The molecule has 1 aromatic rings. The maximum absolute atomic E-state index is 12.8. The molecule has 1 rings (SSSR count). The molecule has 7 nitrogen and oxygen atoms in total. The SMILES string of the molecule is COc1ncc([N+](=O)[O-])c(C(F)F)c1S(=O)(=O)Cl. The molecule has 0 radical (unpaired) electrons. The van der Waals surface area contributed by atoms with Crippen molar-refractivity contribution < 1.29 is 26.9 Å². The number of halogens is 3. The van der Waals surface area contributed by atoms with Crippen LogP contribution in [0.5, 0.6) is 5.88 Å². The Bertz CT molecular complexity index is 592. The minimum absolute atomic E-state index is 0.478. The Morgan fingerprint density at radius 1 is 1.56 bits per heavy atom. The van der Waals surface area contributed by atoms with Crippen molar-refractivity contribution in [1.82, 2.24) is 4.98 Å². The summed E-state index contributed by atoms with van der Waals surface area (Å²) in [5.74, 6) is -0.731. The molecule has 0 N–H and O–H groups in total. The second-order valence-electron chi connectivity index (χ2n) is 2.89. The zero-order valence-corrected chi connectivity index (χ0v) is 10.2. The molecule has 0 spiro atoms. The molecule has 0 amide bonds. The average Bonchev–Trinajstić information content (AvgIpc) is 2.25. The molecule has 0 saturated carbocycles. The van der Waals surface area contributed by atoms with Crippen LogP contribution >= 0.6 is 10.7 Å². The second kappa shape index (κ2) is 4.98. The topological polar surface area (TPSA) is 99.4 Å². The monoisotopic (exact) mass is 302 g/mol. The molecular formula is C7H5ClF2N2O5S. The van der Waals surface area contributed by atoms with Crippen molar-refractivity contribution in [3.63, 3.8) is 0 Å². The van der Waals surface area contributed by atoms with Gasteiger partial charge in [-0.15, -0.1) is 0 Å². The highest BCUT2D eigenvalue weighted by atomic mass is 35.7. The minimum atomic E-state index is -4.68. The Kier molecular flexibility index (Phi) is 4.02. The van der Waals surface area contributed by atoms with Crippen LogP contribution in [0.15, 0.2) is 11.1 Å². The lowest BCUT2D eigenvalue weighted by molar-refractivity contribution is -0.386.